The first kappa shape index (κ1) is 23.6. The summed E-state index contributed by atoms with van der Waals surface area (Å²) in [6.45, 7) is 5.71. The fourth-order valence-electron chi connectivity index (χ4n) is 4.58. The summed E-state index contributed by atoms with van der Waals surface area (Å²) in [6.07, 6.45) is 2.47. The Kier molecular flexibility index (Phi) is 6.73. The number of anilines is 2. The third kappa shape index (κ3) is 5.42. The van der Waals surface area contributed by atoms with Crippen LogP contribution in [0.2, 0.25) is 0 Å². The van der Waals surface area contributed by atoms with Gasteiger partial charge in [-0.05, 0) is 73.1 Å². The number of nitrogens with one attached hydrogen (secondary N) is 2. The minimum Gasteiger partial charge on any atom is -0.494 e. The zero-order valence-corrected chi connectivity index (χ0v) is 20.7. The summed E-state index contributed by atoms with van der Waals surface area (Å²) in [4.78, 5) is 23.7. The number of fused-ring (bicyclic) bond motifs is 1. The van der Waals surface area contributed by atoms with Gasteiger partial charge in [-0.25, -0.2) is 0 Å². The number of carbonyl (C=O) groups excluding carboxylic acids is 1. The highest BCUT2D eigenvalue weighted by Crippen LogP contribution is 2.29. The van der Waals surface area contributed by atoms with Crippen LogP contribution in [0.25, 0.3) is 10.9 Å². The summed E-state index contributed by atoms with van der Waals surface area (Å²) in [5, 5.41) is 14.3. The quantitative estimate of drug-likeness (QED) is 0.341. The van der Waals surface area contributed by atoms with E-state index in [1.165, 1.54) is 12.6 Å². The van der Waals surface area contributed by atoms with E-state index in [1.54, 1.807) is 6.21 Å². The maximum Gasteiger partial charge on any atom is 0.221 e. The largest absolute Gasteiger partial charge is 0.494 e. The average Bonchev–Trinajstić information content (AvgIpc) is 3.18. The second-order valence-corrected chi connectivity index (χ2v) is 9.39. The summed E-state index contributed by atoms with van der Waals surface area (Å²) in [6, 6.07) is 22.2. The van der Waals surface area contributed by atoms with E-state index in [9.17, 15) is 9.90 Å². The topological polar surface area (TPSA) is 84.0 Å². The van der Waals surface area contributed by atoms with Gasteiger partial charge in [0.05, 0.1) is 11.3 Å². The lowest BCUT2D eigenvalue weighted by Crippen LogP contribution is -2.44. The van der Waals surface area contributed by atoms with Crippen LogP contribution >= 0.6 is 0 Å². The van der Waals surface area contributed by atoms with Crippen LogP contribution in [0.15, 0.2) is 71.7 Å². The first-order valence-electron chi connectivity index (χ1n) is 12.2. The number of aromatic amines is 1. The molecule has 1 saturated heterocycles. The molecule has 0 saturated carbocycles. The zero-order valence-electron chi connectivity index (χ0n) is 20.7. The van der Waals surface area contributed by atoms with E-state index in [4.69, 9.17) is 0 Å². The highest BCUT2D eigenvalue weighted by molar-refractivity contribution is 6.02. The molecule has 184 valence electrons. The van der Waals surface area contributed by atoms with Crippen molar-refractivity contribution in [3.05, 3.63) is 83.4 Å². The lowest BCUT2D eigenvalue weighted by atomic mass is 10.0. The minimum atomic E-state index is -0.0827. The molecule has 36 heavy (non-hydrogen) atoms. The molecule has 3 N–H and O–H groups in total. The summed E-state index contributed by atoms with van der Waals surface area (Å²) in [5.41, 5.74) is 6.65. The normalized spacial score (nSPS) is 14.6. The Labute approximate surface area is 211 Å². The van der Waals surface area contributed by atoms with Crippen molar-refractivity contribution in [1.82, 2.24) is 9.88 Å². The van der Waals surface area contributed by atoms with E-state index < -0.39 is 0 Å². The van der Waals surface area contributed by atoms with Crippen molar-refractivity contribution in [2.24, 2.45) is 4.99 Å². The summed E-state index contributed by atoms with van der Waals surface area (Å²) in [7, 11) is 2.16. The van der Waals surface area contributed by atoms with Crippen molar-refractivity contribution in [2.75, 3.05) is 43.4 Å². The van der Waals surface area contributed by atoms with Crippen molar-refractivity contribution in [1.29, 1.82) is 0 Å². The molecule has 0 radical (unpaired) electrons. The second kappa shape index (κ2) is 10.3. The Morgan fingerprint density at radius 1 is 1.00 bits per heavy atom. The number of nitrogens with zero attached hydrogens (tertiary/aromatic N) is 3. The Morgan fingerprint density at radius 3 is 2.39 bits per heavy atom. The van der Waals surface area contributed by atoms with Gasteiger partial charge in [0.25, 0.3) is 0 Å². The van der Waals surface area contributed by atoms with Crippen molar-refractivity contribution < 1.29 is 9.90 Å². The first-order chi connectivity index (χ1) is 17.4. The maximum atomic E-state index is 11.2. The molecule has 4 aromatic rings. The number of hydrogen-bond donors (Lipinski definition) is 3. The number of carbonyl (C=O) groups is 1. The van der Waals surface area contributed by atoms with Gasteiger partial charge in [0.15, 0.2) is 5.88 Å². The molecule has 1 fully saturated rings. The zero-order chi connectivity index (χ0) is 25.1. The molecule has 7 nitrogen and oxygen atoms in total. The van der Waals surface area contributed by atoms with Gasteiger partial charge in [0, 0.05) is 61.6 Å². The third-order valence-electron chi connectivity index (χ3n) is 6.63. The van der Waals surface area contributed by atoms with Crippen LogP contribution in [0.5, 0.6) is 5.88 Å². The first-order valence-corrected chi connectivity index (χ1v) is 12.2. The van der Waals surface area contributed by atoms with Crippen LogP contribution in [0.4, 0.5) is 17.1 Å². The minimum absolute atomic E-state index is 0.0827. The number of H-pyrrole nitrogens is 1. The molecule has 1 aliphatic rings. The van der Waals surface area contributed by atoms with Gasteiger partial charge < -0.3 is 25.2 Å². The van der Waals surface area contributed by atoms with E-state index >= 15 is 0 Å². The Balaban J connectivity index is 1.32. The molecule has 1 aromatic heterocycles. The van der Waals surface area contributed by atoms with Gasteiger partial charge in [-0.2, -0.15) is 0 Å². The molecule has 0 spiro atoms. The van der Waals surface area contributed by atoms with E-state index in [1.807, 2.05) is 42.5 Å². The Bertz CT molecular complexity index is 1380. The van der Waals surface area contributed by atoms with Crippen LogP contribution in [0, 0.1) is 0 Å². The van der Waals surface area contributed by atoms with Crippen LogP contribution < -0.4 is 10.2 Å². The van der Waals surface area contributed by atoms with Gasteiger partial charge in [-0.15, -0.1) is 0 Å². The average molecular weight is 482 g/mol. The summed E-state index contributed by atoms with van der Waals surface area (Å²) >= 11 is 0. The van der Waals surface area contributed by atoms with Crippen molar-refractivity contribution >= 4 is 40.1 Å². The number of hydrogen-bond acceptors (Lipinski definition) is 5. The maximum absolute atomic E-state index is 11.2. The Hall–Kier alpha value is -4.10. The van der Waals surface area contributed by atoms with Crippen LogP contribution in [0.3, 0.4) is 0 Å². The van der Waals surface area contributed by atoms with Gasteiger partial charge >= 0.3 is 0 Å². The standard InChI is InChI=1S/C29H31N5O2/c1-20(35)31-24-6-3-21(4-7-24)17-22-5-12-28-26(18-22)27(29(36)32-28)19-30-23-8-10-25(11-9-23)34-15-13-33(2)14-16-34/h3-12,18-19,32,36H,13-17H2,1-2H3,(H,31,35). The van der Waals surface area contributed by atoms with Gasteiger partial charge in [0.2, 0.25) is 5.91 Å². The summed E-state index contributed by atoms with van der Waals surface area (Å²) < 4.78 is 0. The molecular weight excluding hydrogens is 450 g/mol. The van der Waals surface area contributed by atoms with E-state index in [-0.39, 0.29) is 11.8 Å². The smallest absolute Gasteiger partial charge is 0.221 e. The van der Waals surface area contributed by atoms with E-state index in [0.29, 0.717) is 5.56 Å². The highest BCUT2D eigenvalue weighted by Gasteiger charge is 2.14. The lowest BCUT2D eigenvalue weighted by molar-refractivity contribution is -0.114. The number of rotatable bonds is 6. The number of aromatic nitrogens is 1. The number of aromatic hydroxyl groups is 1. The number of piperazine rings is 1. The predicted octanol–water partition coefficient (Wildman–Crippen LogP) is 4.93. The Morgan fingerprint density at radius 2 is 1.69 bits per heavy atom. The van der Waals surface area contributed by atoms with Crippen LogP contribution in [-0.4, -0.2) is 60.3 Å². The SMILES string of the molecule is CC(=O)Nc1ccc(Cc2ccc3[nH]c(O)c(C=Nc4ccc(N5CCN(C)CC5)cc4)c3c2)cc1. The molecule has 0 unspecified atom stereocenters. The fourth-order valence-corrected chi connectivity index (χ4v) is 4.58. The molecule has 1 amide bonds. The highest BCUT2D eigenvalue weighted by atomic mass is 16.3. The third-order valence-corrected chi connectivity index (χ3v) is 6.63. The van der Waals surface area contributed by atoms with Crippen molar-refractivity contribution in [3.63, 3.8) is 0 Å². The van der Waals surface area contributed by atoms with Crippen molar-refractivity contribution in [3.8, 4) is 5.88 Å². The number of amides is 1. The molecule has 0 atom stereocenters. The van der Waals surface area contributed by atoms with E-state index in [2.05, 4.69) is 56.4 Å². The van der Waals surface area contributed by atoms with Crippen LogP contribution in [0.1, 0.15) is 23.6 Å². The summed E-state index contributed by atoms with van der Waals surface area (Å²) in [5.74, 6) is 0.0280. The fraction of sp³-hybridized carbons (Fsp3) is 0.241. The molecule has 7 heteroatoms. The van der Waals surface area contributed by atoms with E-state index in [0.717, 1.165) is 66.0 Å². The lowest BCUT2D eigenvalue weighted by Gasteiger charge is -2.34. The van der Waals surface area contributed by atoms with Gasteiger partial charge in [0.1, 0.15) is 0 Å². The number of likely N-dealkylation sites (N-methyl/N-ethyl adjacent to an activating group) is 1. The molecule has 1 aliphatic heterocycles. The predicted molar refractivity (Wildman–Crippen MR) is 147 cm³/mol. The van der Waals surface area contributed by atoms with Gasteiger partial charge in [-0.1, -0.05) is 18.2 Å². The van der Waals surface area contributed by atoms with Crippen molar-refractivity contribution in [2.45, 2.75) is 13.3 Å². The molecule has 2 heterocycles. The molecule has 3 aromatic carbocycles. The molecular formula is C29H31N5O2. The van der Waals surface area contributed by atoms with Crippen LogP contribution in [-0.2, 0) is 11.2 Å². The number of aliphatic imine (C=N–C) groups is 1. The van der Waals surface area contributed by atoms with Gasteiger partial charge in [-0.3, -0.25) is 9.79 Å². The molecule has 5 rings (SSSR count). The molecule has 0 aliphatic carbocycles. The monoisotopic (exact) mass is 481 g/mol. The molecule has 0 bridgehead atoms. The second-order valence-electron chi connectivity index (χ2n) is 9.39. The number of benzene rings is 3.